The molecule has 1 N–H and O–H groups in total. The summed E-state index contributed by atoms with van der Waals surface area (Å²) in [5, 5.41) is 3.97. The van der Waals surface area contributed by atoms with Crippen LogP contribution in [0, 0.1) is 0 Å². The molecule has 0 radical (unpaired) electrons. The number of sulfone groups is 1. The minimum atomic E-state index is -2.79. The summed E-state index contributed by atoms with van der Waals surface area (Å²) in [5.74, 6) is 0.575. The van der Waals surface area contributed by atoms with Crippen LogP contribution < -0.4 is 5.32 Å². The zero-order chi connectivity index (χ0) is 11.6. The molecule has 0 bridgehead atoms. The Kier molecular flexibility index (Phi) is 5.25. The summed E-state index contributed by atoms with van der Waals surface area (Å²) >= 11 is 5.78. The van der Waals surface area contributed by atoms with Crippen LogP contribution in [0.25, 0.3) is 0 Å². The van der Waals surface area contributed by atoms with E-state index in [1.54, 1.807) is 0 Å². The number of benzene rings is 1. The van der Waals surface area contributed by atoms with Crippen molar-refractivity contribution in [3.8, 4) is 0 Å². The molecule has 1 atom stereocenters. The molecular weight excluding hydrogens is 281 g/mol. The molecule has 0 spiro atoms. The summed E-state index contributed by atoms with van der Waals surface area (Å²) in [5.41, 5.74) is 1.12. The highest BCUT2D eigenvalue weighted by molar-refractivity contribution is 7.91. The quantitative estimate of drug-likeness (QED) is 0.928. The zero-order valence-electron chi connectivity index (χ0n) is 9.23. The van der Waals surface area contributed by atoms with E-state index in [4.69, 9.17) is 11.6 Å². The molecule has 2 rings (SSSR count). The normalized spacial score (nSPS) is 22.1. The van der Waals surface area contributed by atoms with E-state index in [-0.39, 0.29) is 24.2 Å². The lowest BCUT2D eigenvalue weighted by molar-refractivity contribution is 0.554. The number of hydrogen-bond acceptors (Lipinski definition) is 3. The van der Waals surface area contributed by atoms with Crippen molar-refractivity contribution in [1.82, 2.24) is 5.32 Å². The van der Waals surface area contributed by atoms with Crippen LogP contribution in [0.15, 0.2) is 24.3 Å². The average Bonchev–Trinajstić information content (AvgIpc) is 2.58. The molecule has 1 aromatic carbocycles. The molecule has 0 aliphatic carbocycles. The van der Waals surface area contributed by atoms with Gasteiger partial charge in [0.2, 0.25) is 0 Å². The van der Waals surface area contributed by atoms with Gasteiger partial charge in [0.1, 0.15) is 0 Å². The Morgan fingerprint density at radius 2 is 1.94 bits per heavy atom. The SMILES string of the molecule is Cl.O=S1(=O)CCC(NCc2ccc(Cl)cc2)C1. The van der Waals surface area contributed by atoms with Crippen molar-refractivity contribution in [2.45, 2.75) is 19.0 Å². The van der Waals surface area contributed by atoms with Gasteiger partial charge in [-0.05, 0) is 24.1 Å². The van der Waals surface area contributed by atoms with Gasteiger partial charge in [0.15, 0.2) is 9.84 Å². The maximum Gasteiger partial charge on any atom is 0.151 e. The van der Waals surface area contributed by atoms with Crippen LogP contribution in [-0.2, 0) is 16.4 Å². The third-order valence-electron chi connectivity index (χ3n) is 2.74. The summed E-state index contributed by atoms with van der Waals surface area (Å²) < 4.78 is 22.5. The number of nitrogens with one attached hydrogen (secondary N) is 1. The van der Waals surface area contributed by atoms with E-state index >= 15 is 0 Å². The lowest BCUT2D eigenvalue weighted by atomic mass is 10.2. The Labute approximate surface area is 113 Å². The molecule has 96 valence electrons. The monoisotopic (exact) mass is 295 g/mol. The molecule has 0 aromatic heterocycles. The second-order valence-corrected chi connectivity index (χ2v) is 6.77. The summed E-state index contributed by atoms with van der Waals surface area (Å²) in [7, 11) is -2.79. The maximum atomic E-state index is 11.2. The summed E-state index contributed by atoms with van der Waals surface area (Å²) in [6, 6.07) is 7.66. The number of halogens is 2. The number of hydrogen-bond donors (Lipinski definition) is 1. The van der Waals surface area contributed by atoms with Gasteiger partial charge < -0.3 is 5.32 Å². The predicted molar refractivity (Wildman–Crippen MR) is 72.6 cm³/mol. The topological polar surface area (TPSA) is 46.2 Å². The summed E-state index contributed by atoms with van der Waals surface area (Å²) in [6.45, 7) is 0.692. The molecule has 1 unspecified atom stereocenters. The van der Waals surface area contributed by atoms with Gasteiger partial charge in [-0.3, -0.25) is 0 Å². The van der Waals surface area contributed by atoms with Gasteiger partial charge in [0.25, 0.3) is 0 Å². The van der Waals surface area contributed by atoms with Gasteiger partial charge in [-0.1, -0.05) is 23.7 Å². The average molecular weight is 296 g/mol. The summed E-state index contributed by atoms with van der Waals surface area (Å²) in [6.07, 6.45) is 0.718. The first-order valence-electron chi connectivity index (χ1n) is 5.23. The molecule has 1 saturated heterocycles. The minimum Gasteiger partial charge on any atom is -0.309 e. The van der Waals surface area contributed by atoms with E-state index in [0.29, 0.717) is 17.3 Å². The fraction of sp³-hybridized carbons (Fsp3) is 0.455. The molecule has 1 aromatic rings. The lowest BCUT2D eigenvalue weighted by Gasteiger charge is -2.10. The fourth-order valence-corrected chi connectivity index (χ4v) is 3.65. The molecular formula is C11H15Cl2NO2S. The zero-order valence-corrected chi connectivity index (χ0v) is 11.6. The highest BCUT2D eigenvalue weighted by atomic mass is 35.5. The van der Waals surface area contributed by atoms with Crippen molar-refractivity contribution in [2.24, 2.45) is 0 Å². The Bertz CT molecular complexity index is 459. The highest BCUT2D eigenvalue weighted by Crippen LogP contribution is 2.13. The van der Waals surface area contributed by atoms with Gasteiger partial charge in [-0.2, -0.15) is 0 Å². The standard InChI is InChI=1S/C11H14ClNO2S.ClH/c12-10-3-1-9(2-4-10)7-13-11-5-6-16(14,15)8-11;/h1-4,11,13H,5-8H2;1H. The van der Waals surface area contributed by atoms with E-state index in [1.165, 1.54) is 0 Å². The third kappa shape index (κ3) is 4.47. The van der Waals surface area contributed by atoms with E-state index < -0.39 is 9.84 Å². The summed E-state index contributed by atoms with van der Waals surface area (Å²) in [4.78, 5) is 0. The van der Waals surface area contributed by atoms with Crippen molar-refractivity contribution in [1.29, 1.82) is 0 Å². The minimum absolute atomic E-state index is 0. The lowest BCUT2D eigenvalue weighted by Crippen LogP contribution is -2.29. The first-order chi connectivity index (χ1) is 7.55. The van der Waals surface area contributed by atoms with E-state index in [0.717, 1.165) is 12.0 Å². The Morgan fingerprint density at radius 3 is 2.47 bits per heavy atom. The maximum absolute atomic E-state index is 11.2. The molecule has 1 aliphatic heterocycles. The predicted octanol–water partition coefficient (Wildman–Crippen LogP) is 2.04. The Morgan fingerprint density at radius 1 is 1.29 bits per heavy atom. The van der Waals surface area contributed by atoms with Crippen molar-refractivity contribution in [3.05, 3.63) is 34.9 Å². The van der Waals surface area contributed by atoms with Gasteiger partial charge in [0, 0.05) is 17.6 Å². The van der Waals surface area contributed by atoms with E-state index in [2.05, 4.69) is 5.32 Å². The largest absolute Gasteiger partial charge is 0.309 e. The first kappa shape index (κ1) is 14.8. The molecule has 1 heterocycles. The Hall–Kier alpha value is -0.290. The van der Waals surface area contributed by atoms with Crippen LogP contribution in [0.3, 0.4) is 0 Å². The van der Waals surface area contributed by atoms with Crippen LogP contribution in [0.5, 0.6) is 0 Å². The first-order valence-corrected chi connectivity index (χ1v) is 7.43. The van der Waals surface area contributed by atoms with E-state index in [9.17, 15) is 8.42 Å². The van der Waals surface area contributed by atoms with Crippen LogP contribution in [0.2, 0.25) is 5.02 Å². The van der Waals surface area contributed by atoms with Gasteiger partial charge in [-0.15, -0.1) is 12.4 Å². The molecule has 3 nitrogen and oxygen atoms in total. The Balaban J connectivity index is 0.00000144. The molecule has 1 aliphatic rings. The van der Waals surface area contributed by atoms with Crippen molar-refractivity contribution in [3.63, 3.8) is 0 Å². The van der Waals surface area contributed by atoms with Gasteiger partial charge in [0.05, 0.1) is 11.5 Å². The molecule has 6 heteroatoms. The van der Waals surface area contributed by atoms with Crippen LogP contribution in [-0.4, -0.2) is 26.0 Å². The van der Waals surface area contributed by atoms with E-state index in [1.807, 2.05) is 24.3 Å². The van der Waals surface area contributed by atoms with Crippen molar-refractivity contribution in [2.75, 3.05) is 11.5 Å². The van der Waals surface area contributed by atoms with Crippen molar-refractivity contribution < 1.29 is 8.42 Å². The van der Waals surface area contributed by atoms with Crippen LogP contribution in [0.1, 0.15) is 12.0 Å². The van der Waals surface area contributed by atoms with Crippen molar-refractivity contribution >= 4 is 33.8 Å². The number of rotatable bonds is 3. The third-order valence-corrected chi connectivity index (χ3v) is 4.76. The smallest absolute Gasteiger partial charge is 0.151 e. The van der Waals surface area contributed by atoms with Crippen LogP contribution >= 0.6 is 24.0 Å². The molecule has 0 amide bonds. The van der Waals surface area contributed by atoms with Crippen LogP contribution in [0.4, 0.5) is 0 Å². The van der Waals surface area contributed by atoms with Gasteiger partial charge >= 0.3 is 0 Å². The van der Waals surface area contributed by atoms with Gasteiger partial charge in [-0.25, -0.2) is 8.42 Å². The molecule has 17 heavy (non-hydrogen) atoms. The molecule has 1 fully saturated rings. The second-order valence-electron chi connectivity index (χ2n) is 4.11. The molecule has 0 saturated carbocycles. The highest BCUT2D eigenvalue weighted by Gasteiger charge is 2.27. The second kappa shape index (κ2) is 6.05. The fourth-order valence-electron chi connectivity index (χ4n) is 1.82.